The van der Waals surface area contributed by atoms with Gasteiger partial charge in [0.2, 0.25) is 0 Å². The van der Waals surface area contributed by atoms with E-state index in [2.05, 4.69) is 16.9 Å². The van der Waals surface area contributed by atoms with Gasteiger partial charge in [-0.2, -0.15) is 0 Å². The summed E-state index contributed by atoms with van der Waals surface area (Å²) in [6.45, 7) is 6.13. The van der Waals surface area contributed by atoms with Crippen LogP contribution in [0.1, 0.15) is 0 Å². The number of rotatable bonds is 6. The molecule has 1 aromatic carbocycles. The van der Waals surface area contributed by atoms with Crippen molar-refractivity contribution in [1.82, 2.24) is 9.88 Å². The maximum Gasteiger partial charge on any atom is 0.257 e. The second-order valence-corrected chi connectivity index (χ2v) is 6.84. The van der Waals surface area contributed by atoms with E-state index in [-0.39, 0.29) is 11.7 Å². The number of carbonyl (C=O) groups is 1. The van der Waals surface area contributed by atoms with E-state index in [1.54, 1.807) is 41.6 Å². The minimum absolute atomic E-state index is 0.339. The number of aromatic nitrogens is 1. The second-order valence-electron chi connectivity index (χ2n) is 6.84. The summed E-state index contributed by atoms with van der Waals surface area (Å²) >= 11 is 0. The fourth-order valence-corrected chi connectivity index (χ4v) is 3.16. The maximum atomic E-state index is 14.6. The zero-order chi connectivity index (χ0) is 20.8. The number of anilines is 2. The number of pyridine rings is 1. The van der Waals surface area contributed by atoms with Crippen LogP contribution in [0.15, 0.2) is 61.0 Å². The van der Waals surface area contributed by atoms with E-state index in [1.807, 2.05) is 19.0 Å². The highest BCUT2D eigenvalue weighted by Gasteiger charge is 2.22. The lowest BCUT2D eigenvalue weighted by atomic mass is 10.0. The standard InChI is InChI=1S/C22H25FN4O2/c1-4-16(15-26(2)3)22(28)25-20-18(17-7-5-6-8-19(17)23)9-10-24-21(20)27-11-13-29-14-12-27/h4-10,15H,1,11-14H2,2-3H3,(H,25,28)/b16-15+. The van der Waals surface area contributed by atoms with Gasteiger partial charge in [0.05, 0.1) is 24.5 Å². The Bertz CT molecular complexity index is 921. The molecule has 152 valence electrons. The molecule has 29 heavy (non-hydrogen) atoms. The number of carbonyl (C=O) groups excluding carboxylic acids is 1. The summed E-state index contributed by atoms with van der Waals surface area (Å²) < 4.78 is 20.0. The van der Waals surface area contributed by atoms with Gasteiger partial charge in [-0.1, -0.05) is 30.9 Å². The average Bonchev–Trinajstić information content (AvgIpc) is 2.73. The molecule has 1 saturated heterocycles. The third-order valence-corrected chi connectivity index (χ3v) is 4.52. The van der Waals surface area contributed by atoms with Crippen LogP contribution in [0, 0.1) is 5.82 Å². The summed E-state index contributed by atoms with van der Waals surface area (Å²) in [6, 6.07) is 8.20. The van der Waals surface area contributed by atoms with E-state index in [0.29, 0.717) is 54.5 Å². The van der Waals surface area contributed by atoms with E-state index >= 15 is 0 Å². The van der Waals surface area contributed by atoms with Gasteiger partial charge in [0.25, 0.3) is 5.91 Å². The Labute approximate surface area is 170 Å². The van der Waals surface area contributed by atoms with Crippen LogP contribution < -0.4 is 10.2 Å². The zero-order valence-electron chi connectivity index (χ0n) is 16.7. The molecule has 0 spiro atoms. The Morgan fingerprint density at radius 2 is 1.97 bits per heavy atom. The highest BCUT2D eigenvalue weighted by molar-refractivity contribution is 6.09. The van der Waals surface area contributed by atoms with Gasteiger partial charge in [-0.15, -0.1) is 0 Å². The number of hydrogen-bond donors (Lipinski definition) is 1. The van der Waals surface area contributed by atoms with Crippen LogP contribution in [0.2, 0.25) is 0 Å². The summed E-state index contributed by atoms with van der Waals surface area (Å²) in [4.78, 5) is 21.2. The molecule has 3 rings (SSSR count). The molecule has 0 radical (unpaired) electrons. The molecule has 6 nitrogen and oxygen atoms in total. The monoisotopic (exact) mass is 396 g/mol. The lowest BCUT2D eigenvalue weighted by Gasteiger charge is -2.30. The predicted octanol–water partition coefficient (Wildman–Crippen LogP) is 3.29. The van der Waals surface area contributed by atoms with Crippen molar-refractivity contribution < 1.29 is 13.9 Å². The van der Waals surface area contributed by atoms with Crippen LogP contribution in [0.25, 0.3) is 11.1 Å². The van der Waals surface area contributed by atoms with Crippen LogP contribution in [-0.4, -0.2) is 56.2 Å². The first-order valence-corrected chi connectivity index (χ1v) is 9.40. The van der Waals surface area contributed by atoms with Crippen LogP contribution in [-0.2, 0) is 9.53 Å². The van der Waals surface area contributed by atoms with E-state index in [1.165, 1.54) is 12.1 Å². The molecule has 0 aliphatic carbocycles. The zero-order valence-corrected chi connectivity index (χ0v) is 16.7. The molecule has 2 aromatic rings. The fraction of sp³-hybridized carbons (Fsp3) is 0.273. The van der Waals surface area contributed by atoms with Crippen molar-refractivity contribution in [2.45, 2.75) is 0 Å². The molecule has 2 heterocycles. The van der Waals surface area contributed by atoms with Crippen LogP contribution in [0.5, 0.6) is 0 Å². The van der Waals surface area contributed by atoms with Gasteiger partial charge >= 0.3 is 0 Å². The Morgan fingerprint density at radius 3 is 2.62 bits per heavy atom. The van der Waals surface area contributed by atoms with Crippen molar-refractivity contribution >= 4 is 17.4 Å². The van der Waals surface area contributed by atoms with Gasteiger partial charge < -0.3 is 19.9 Å². The molecular weight excluding hydrogens is 371 g/mol. The van der Waals surface area contributed by atoms with Crippen LogP contribution >= 0.6 is 0 Å². The molecule has 7 heteroatoms. The normalized spacial score (nSPS) is 14.4. The fourth-order valence-electron chi connectivity index (χ4n) is 3.16. The molecule has 0 saturated carbocycles. The Hall–Kier alpha value is -3.19. The molecule has 0 unspecified atom stereocenters. The topological polar surface area (TPSA) is 57.7 Å². The van der Waals surface area contributed by atoms with E-state index < -0.39 is 0 Å². The number of hydrogen-bond acceptors (Lipinski definition) is 5. The van der Waals surface area contributed by atoms with Crippen molar-refractivity contribution in [2.24, 2.45) is 0 Å². The SMILES string of the molecule is C=C/C(=C\N(C)C)C(=O)Nc1c(-c2ccccc2F)ccnc1N1CCOCC1. The quantitative estimate of drug-likeness (QED) is 0.600. The number of ether oxygens (including phenoxy) is 1. The van der Waals surface area contributed by atoms with Gasteiger partial charge in [0.15, 0.2) is 5.82 Å². The number of nitrogens with one attached hydrogen (secondary N) is 1. The van der Waals surface area contributed by atoms with Gasteiger partial charge in [-0.25, -0.2) is 9.37 Å². The van der Waals surface area contributed by atoms with Gasteiger partial charge in [0, 0.05) is 50.7 Å². The lowest BCUT2D eigenvalue weighted by Crippen LogP contribution is -2.37. The number of benzene rings is 1. The highest BCUT2D eigenvalue weighted by atomic mass is 19.1. The average molecular weight is 396 g/mol. The van der Waals surface area contributed by atoms with Crippen molar-refractivity contribution in [1.29, 1.82) is 0 Å². The number of amides is 1. The third kappa shape index (κ3) is 4.81. The van der Waals surface area contributed by atoms with Crippen molar-refractivity contribution in [2.75, 3.05) is 50.6 Å². The number of halogens is 1. The van der Waals surface area contributed by atoms with E-state index in [4.69, 9.17) is 4.74 Å². The molecule has 1 aliphatic heterocycles. The molecule has 0 bridgehead atoms. The van der Waals surface area contributed by atoms with Crippen LogP contribution in [0.3, 0.4) is 0 Å². The number of morpholine rings is 1. The van der Waals surface area contributed by atoms with Gasteiger partial charge in [0.1, 0.15) is 5.82 Å². The molecular formula is C22H25FN4O2. The second kappa shape index (κ2) is 9.34. The van der Waals surface area contributed by atoms with E-state index in [9.17, 15) is 9.18 Å². The minimum Gasteiger partial charge on any atom is -0.383 e. The van der Waals surface area contributed by atoms with Gasteiger partial charge in [-0.05, 0) is 12.1 Å². The summed E-state index contributed by atoms with van der Waals surface area (Å²) in [7, 11) is 3.65. The van der Waals surface area contributed by atoms with E-state index in [0.717, 1.165) is 0 Å². The van der Waals surface area contributed by atoms with Crippen molar-refractivity contribution in [3.63, 3.8) is 0 Å². The first kappa shape index (κ1) is 20.5. The summed E-state index contributed by atoms with van der Waals surface area (Å²) in [5, 5.41) is 2.94. The summed E-state index contributed by atoms with van der Waals surface area (Å²) in [5.41, 5.74) is 1.83. The molecule has 1 aliphatic rings. The molecule has 1 fully saturated rings. The smallest absolute Gasteiger partial charge is 0.257 e. The van der Waals surface area contributed by atoms with Crippen molar-refractivity contribution in [3.8, 4) is 11.1 Å². The Balaban J connectivity index is 2.09. The molecule has 1 amide bonds. The van der Waals surface area contributed by atoms with Gasteiger partial charge in [-0.3, -0.25) is 4.79 Å². The molecule has 0 atom stereocenters. The third-order valence-electron chi connectivity index (χ3n) is 4.52. The Kier molecular flexibility index (Phi) is 6.61. The lowest BCUT2D eigenvalue weighted by molar-refractivity contribution is -0.112. The Morgan fingerprint density at radius 1 is 1.24 bits per heavy atom. The highest BCUT2D eigenvalue weighted by Crippen LogP contribution is 2.36. The summed E-state index contributed by atoms with van der Waals surface area (Å²) in [5.74, 6) is -0.112. The predicted molar refractivity (Wildman–Crippen MR) is 113 cm³/mol. The van der Waals surface area contributed by atoms with Crippen molar-refractivity contribution in [3.05, 3.63) is 66.8 Å². The molecule has 1 N–H and O–H groups in total. The first-order valence-electron chi connectivity index (χ1n) is 9.40. The minimum atomic E-state index is -0.366. The molecule has 1 aromatic heterocycles. The largest absolute Gasteiger partial charge is 0.383 e. The maximum absolute atomic E-state index is 14.6. The summed E-state index contributed by atoms with van der Waals surface area (Å²) in [6.07, 6.45) is 4.80. The number of nitrogens with zero attached hydrogens (tertiary/aromatic N) is 3. The first-order chi connectivity index (χ1) is 14.0. The van der Waals surface area contributed by atoms with Crippen LogP contribution in [0.4, 0.5) is 15.9 Å².